The predicted molar refractivity (Wildman–Crippen MR) is 135 cm³/mol. The van der Waals surface area contributed by atoms with Gasteiger partial charge in [-0.3, -0.25) is 0 Å². The van der Waals surface area contributed by atoms with Crippen molar-refractivity contribution in [3.8, 4) is 0 Å². The largest absolute Gasteiger partial charge is 0.366 e. The van der Waals surface area contributed by atoms with Crippen molar-refractivity contribution in [2.75, 3.05) is 23.7 Å². The van der Waals surface area contributed by atoms with Crippen molar-refractivity contribution in [3.63, 3.8) is 0 Å². The molecule has 2 aromatic carbocycles. The van der Waals surface area contributed by atoms with Crippen LogP contribution in [-0.2, 0) is 0 Å². The Morgan fingerprint density at radius 2 is 1.91 bits per heavy atom. The Labute approximate surface area is 190 Å². The lowest BCUT2D eigenvalue weighted by Crippen LogP contribution is -2.22. The molecule has 5 rings (SSSR count). The molecule has 0 radical (unpaired) electrons. The highest BCUT2D eigenvalue weighted by Crippen LogP contribution is 2.37. The zero-order valence-corrected chi connectivity index (χ0v) is 19.3. The number of para-hydroxylation sites is 1. The van der Waals surface area contributed by atoms with E-state index in [2.05, 4.69) is 79.2 Å². The molecule has 1 saturated carbocycles. The van der Waals surface area contributed by atoms with Crippen LogP contribution in [0.5, 0.6) is 0 Å². The minimum atomic E-state index is 0.462. The maximum atomic E-state index is 5.04. The van der Waals surface area contributed by atoms with Crippen LogP contribution < -0.4 is 16.0 Å². The monoisotopic (exact) mass is 427 g/mol. The molecule has 0 bridgehead atoms. The highest BCUT2D eigenvalue weighted by Gasteiger charge is 2.30. The van der Waals surface area contributed by atoms with Crippen LogP contribution in [0.1, 0.15) is 49.3 Å². The van der Waals surface area contributed by atoms with Crippen molar-refractivity contribution < 1.29 is 0 Å². The number of fused-ring (bicyclic) bond motifs is 1. The fraction of sp³-hybridized carbons (Fsp3) is 0.407. The van der Waals surface area contributed by atoms with Gasteiger partial charge >= 0.3 is 0 Å². The van der Waals surface area contributed by atoms with Crippen LogP contribution in [-0.4, -0.2) is 29.1 Å². The molecule has 1 aromatic heterocycles. The van der Waals surface area contributed by atoms with Gasteiger partial charge in [0.15, 0.2) is 0 Å². The molecular weight excluding hydrogens is 394 g/mol. The topological polar surface area (TPSA) is 61.9 Å². The second kappa shape index (κ2) is 8.91. The molecule has 166 valence electrons. The number of rotatable bonds is 7. The molecule has 1 aliphatic carbocycles. The molecular formula is C27H33N5. The van der Waals surface area contributed by atoms with E-state index in [1.54, 1.807) is 0 Å². The highest BCUT2D eigenvalue weighted by molar-refractivity contribution is 5.98. The van der Waals surface area contributed by atoms with Gasteiger partial charge in [0.05, 0.1) is 5.52 Å². The number of anilines is 3. The van der Waals surface area contributed by atoms with Crippen molar-refractivity contribution in [2.45, 2.75) is 52.5 Å². The number of aromatic nitrogens is 2. The molecule has 5 heteroatoms. The molecule has 1 atom stereocenters. The first kappa shape index (κ1) is 21.0. The van der Waals surface area contributed by atoms with Gasteiger partial charge in [0.1, 0.15) is 5.82 Å². The van der Waals surface area contributed by atoms with E-state index in [-0.39, 0.29) is 0 Å². The van der Waals surface area contributed by atoms with Crippen LogP contribution in [0.4, 0.5) is 17.5 Å². The first-order chi connectivity index (χ1) is 15.6. The van der Waals surface area contributed by atoms with Crippen LogP contribution in [0, 0.1) is 19.8 Å². The molecule has 0 saturated heterocycles. The zero-order chi connectivity index (χ0) is 22.1. The van der Waals surface area contributed by atoms with Crippen molar-refractivity contribution in [2.24, 2.45) is 5.92 Å². The van der Waals surface area contributed by atoms with Crippen LogP contribution >= 0.6 is 0 Å². The third-order valence-corrected chi connectivity index (χ3v) is 6.57. The normalized spacial score (nSPS) is 17.2. The van der Waals surface area contributed by atoms with Gasteiger partial charge in [-0.15, -0.1) is 0 Å². The third-order valence-electron chi connectivity index (χ3n) is 6.57. The first-order valence-corrected chi connectivity index (χ1v) is 11.9. The number of nitrogens with zero attached hydrogens (tertiary/aromatic N) is 2. The van der Waals surface area contributed by atoms with Crippen LogP contribution in [0.2, 0.25) is 0 Å². The van der Waals surface area contributed by atoms with Crippen molar-refractivity contribution in [1.29, 1.82) is 0 Å². The summed E-state index contributed by atoms with van der Waals surface area (Å²) in [4.78, 5) is 10.0. The maximum absolute atomic E-state index is 5.04. The van der Waals surface area contributed by atoms with Crippen LogP contribution in [0.25, 0.3) is 16.5 Å². The molecule has 5 nitrogen and oxygen atoms in total. The molecule has 1 aliphatic heterocycles. The van der Waals surface area contributed by atoms with E-state index in [1.807, 2.05) is 0 Å². The summed E-state index contributed by atoms with van der Waals surface area (Å²) < 4.78 is 0. The van der Waals surface area contributed by atoms with E-state index in [0.717, 1.165) is 54.3 Å². The lowest BCUT2D eigenvalue weighted by atomic mass is 9.97. The molecule has 32 heavy (non-hydrogen) atoms. The molecule has 0 unspecified atom stereocenters. The molecule has 2 heterocycles. The second-order valence-corrected chi connectivity index (χ2v) is 9.28. The summed E-state index contributed by atoms with van der Waals surface area (Å²) in [7, 11) is 0. The number of hydrogen-bond acceptors (Lipinski definition) is 5. The average molecular weight is 428 g/mol. The quantitative estimate of drug-likeness (QED) is 0.434. The Kier molecular flexibility index (Phi) is 5.83. The van der Waals surface area contributed by atoms with Gasteiger partial charge in [0.25, 0.3) is 0 Å². The Morgan fingerprint density at radius 1 is 1.09 bits per heavy atom. The molecule has 0 amide bonds. The van der Waals surface area contributed by atoms with E-state index >= 15 is 0 Å². The fourth-order valence-electron chi connectivity index (χ4n) is 4.85. The Bertz CT molecular complexity index is 1140. The molecule has 3 N–H and O–H groups in total. The Hall–Kier alpha value is -2.92. The van der Waals surface area contributed by atoms with Gasteiger partial charge in [0, 0.05) is 29.2 Å². The Morgan fingerprint density at radius 3 is 2.59 bits per heavy atom. The zero-order valence-electron chi connectivity index (χ0n) is 19.3. The van der Waals surface area contributed by atoms with E-state index < -0.39 is 0 Å². The van der Waals surface area contributed by atoms with Crippen LogP contribution in [0.3, 0.4) is 0 Å². The standard InChI is InChI=1S/C27H33N5/c1-4-24(20-8-9-20)30-26-23-7-5-6-22(19-10-12-28-13-11-19)25(23)31-27(32-26)29-21-15-17(2)14-18(3)16-21/h5-7,10,14-16,20,24,28H,4,8-9,11-13H2,1-3H3,(H2,29,30,31,32)/t24-/m1/s1. The summed E-state index contributed by atoms with van der Waals surface area (Å²) >= 11 is 0. The minimum Gasteiger partial charge on any atom is -0.366 e. The van der Waals surface area contributed by atoms with Crippen LogP contribution in [0.15, 0.2) is 42.5 Å². The Balaban J connectivity index is 1.61. The van der Waals surface area contributed by atoms with E-state index in [1.165, 1.54) is 35.1 Å². The summed E-state index contributed by atoms with van der Waals surface area (Å²) in [6, 6.07) is 13.4. The lowest BCUT2D eigenvalue weighted by molar-refractivity contribution is 0.615. The number of nitrogens with one attached hydrogen (secondary N) is 3. The number of hydrogen-bond donors (Lipinski definition) is 3. The second-order valence-electron chi connectivity index (χ2n) is 9.28. The van der Waals surface area contributed by atoms with Gasteiger partial charge in [-0.05, 0) is 86.9 Å². The predicted octanol–water partition coefficient (Wildman–Crippen LogP) is 5.97. The van der Waals surface area contributed by atoms with Crippen molar-refractivity contribution in [3.05, 3.63) is 59.2 Å². The van der Waals surface area contributed by atoms with Gasteiger partial charge in [-0.25, -0.2) is 4.98 Å². The molecule has 2 aliphatic rings. The fourth-order valence-corrected chi connectivity index (χ4v) is 4.85. The smallest absolute Gasteiger partial charge is 0.229 e. The molecule has 3 aromatic rings. The number of aryl methyl sites for hydroxylation is 2. The summed E-state index contributed by atoms with van der Waals surface area (Å²) in [5.74, 6) is 2.35. The summed E-state index contributed by atoms with van der Waals surface area (Å²) in [6.07, 6.45) is 7.04. The van der Waals surface area contributed by atoms with Gasteiger partial charge in [-0.2, -0.15) is 4.98 Å². The summed E-state index contributed by atoms with van der Waals surface area (Å²) in [5.41, 5.74) is 7.10. The van der Waals surface area contributed by atoms with E-state index in [4.69, 9.17) is 9.97 Å². The summed E-state index contributed by atoms with van der Waals surface area (Å²) in [5, 5.41) is 11.8. The highest BCUT2D eigenvalue weighted by atomic mass is 15.2. The van der Waals surface area contributed by atoms with Gasteiger partial charge < -0.3 is 16.0 Å². The van der Waals surface area contributed by atoms with Crippen molar-refractivity contribution in [1.82, 2.24) is 15.3 Å². The van der Waals surface area contributed by atoms with E-state index in [9.17, 15) is 0 Å². The summed E-state index contributed by atoms with van der Waals surface area (Å²) in [6.45, 7) is 8.42. The minimum absolute atomic E-state index is 0.462. The molecule has 1 fully saturated rings. The first-order valence-electron chi connectivity index (χ1n) is 11.9. The van der Waals surface area contributed by atoms with E-state index in [0.29, 0.717) is 12.0 Å². The maximum Gasteiger partial charge on any atom is 0.229 e. The van der Waals surface area contributed by atoms with Gasteiger partial charge in [-0.1, -0.05) is 31.2 Å². The molecule has 0 spiro atoms. The average Bonchev–Trinajstić information content (AvgIpc) is 3.62. The lowest BCUT2D eigenvalue weighted by Gasteiger charge is -2.21. The van der Waals surface area contributed by atoms with Gasteiger partial charge in [0.2, 0.25) is 5.95 Å². The SMILES string of the molecule is CC[C@@H](Nc1nc(Nc2cc(C)cc(C)c2)nc2c(C3=CCNCC3)cccc12)C1CC1. The third kappa shape index (κ3) is 4.49. The van der Waals surface area contributed by atoms with Crippen molar-refractivity contribution >= 4 is 33.9 Å². The number of benzene rings is 2.